The zero-order valence-corrected chi connectivity index (χ0v) is 21.1. The molecule has 36 heavy (non-hydrogen) atoms. The zero-order chi connectivity index (χ0) is 25.9. The van der Waals surface area contributed by atoms with Crippen molar-refractivity contribution < 1.29 is 26.7 Å². The van der Waals surface area contributed by atoms with Gasteiger partial charge in [-0.1, -0.05) is 13.0 Å². The maximum absolute atomic E-state index is 13.5. The van der Waals surface area contributed by atoms with Crippen LogP contribution in [0.5, 0.6) is 11.5 Å². The minimum absolute atomic E-state index is 0.0372. The first-order valence-electron chi connectivity index (χ1n) is 11.2. The number of rotatable bonds is 10. The standard InChI is InChI=1S/C24H26FN5O5S/c1-5-17(11-21-26-12-16(25)13-27-21)36(31,32)14-22-28-29-24(20-10-9-15(2)35-20)30(22)23-18(33-3)7-6-8-19(23)34-4/h6-10,12-13,17H,5,11,14H2,1-4H3/t17-/m1/s1. The second-order valence-electron chi connectivity index (χ2n) is 8.06. The van der Waals surface area contributed by atoms with Crippen LogP contribution in [0.3, 0.4) is 0 Å². The number of para-hydroxylation sites is 1. The molecule has 1 atom stereocenters. The van der Waals surface area contributed by atoms with E-state index in [1.165, 1.54) is 14.2 Å². The number of benzene rings is 1. The average Bonchev–Trinajstić information content (AvgIpc) is 3.48. The highest BCUT2D eigenvalue weighted by Crippen LogP contribution is 2.37. The van der Waals surface area contributed by atoms with E-state index in [0.29, 0.717) is 41.0 Å². The molecule has 4 aromatic rings. The third-order valence-electron chi connectivity index (χ3n) is 5.69. The second kappa shape index (κ2) is 10.4. The second-order valence-corrected chi connectivity index (χ2v) is 10.3. The first-order chi connectivity index (χ1) is 17.3. The largest absolute Gasteiger partial charge is 0.494 e. The van der Waals surface area contributed by atoms with Gasteiger partial charge in [-0.2, -0.15) is 0 Å². The maximum atomic E-state index is 13.5. The van der Waals surface area contributed by atoms with E-state index in [4.69, 9.17) is 13.9 Å². The quantitative estimate of drug-likeness (QED) is 0.311. The van der Waals surface area contributed by atoms with Crippen molar-refractivity contribution in [2.24, 2.45) is 0 Å². The van der Waals surface area contributed by atoms with Crippen LogP contribution in [0.1, 0.15) is 30.8 Å². The van der Waals surface area contributed by atoms with Gasteiger partial charge in [-0.05, 0) is 37.6 Å². The van der Waals surface area contributed by atoms with Gasteiger partial charge in [0.1, 0.15) is 34.5 Å². The molecule has 0 fully saturated rings. The van der Waals surface area contributed by atoms with E-state index in [1.54, 1.807) is 48.7 Å². The Hall–Kier alpha value is -3.80. The molecule has 3 heterocycles. The lowest BCUT2D eigenvalue weighted by molar-refractivity contribution is 0.390. The molecule has 0 aliphatic rings. The SMILES string of the molecule is CC[C@H](Cc1ncc(F)cn1)S(=O)(=O)Cc1nnc(-c2ccc(C)o2)n1-c1c(OC)cccc1OC. The van der Waals surface area contributed by atoms with Crippen LogP contribution in [-0.4, -0.2) is 52.6 Å². The lowest BCUT2D eigenvalue weighted by Gasteiger charge is -2.18. The number of methoxy groups -OCH3 is 2. The van der Waals surface area contributed by atoms with Crippen LogP contribution >= 0.6 is 0 Å². The van der Waals surface area contributed by atoms with Crippen LogP contribution in [0.2, 0.25) is 0 Å². The summed E-state index contributed by atoms with van der Waals surface area (Å²) in [5.41, 5.74) is 0.441. The normalized spacial score (nSPS) is 12.5. The molecule has 3 aromatic heterocycles. The van der Waals surface area contributed by atoms with Gasteiger partial charge >= 0.3 is 0 Å². The number of aromatic nitrogens is 5. The van der Waals surface area contributed by atoms with E-state index < -0.39 is 26.7 Å². The highest BCUT2D eigenvalue weighted by atomic mass is 32.2. The molecule has 0 saturated carbocycles. The third kappa shape index (κ3) is 5.08. The monoisotopic (exact) mass is 515 g/mol. The maximum Gasteiger partial charge on any atom is 0.204 e. The Labute approximate surface area is 208 Å². The van der Waals surface area contributed by atoms with E-state index in [-0.39, 0.29) is 18.1 Å². The number of sulfone groups is 1. The summed E-state index contributed by atoms with van der Waals surface area (Å²) < 4.78 is 58.8. The molecule has 0 saturated heterocycles. The fourth-order valence-corrected chi connectivity index (χ4v) is 5.58. The van der Waals surface area contributed by atoms with Gasteiger partial charge in [0, 0.05) is 6.42 Å². The molecule has 0 spiro atoms. The van der Waals surface area contributed by atoms with Gasteiger partial charge < -0.3 is 13.9 Å². The molecule has 10 nitrogen and oxygen atoms in total. The highest BCUT2D eigenvalue weighted by Gasteiger charge is 2.31. The molecule has 0 N–H and O–H groups in total. The van der Waals surface area contributed by atoms with Crippen LogP contribution in [0.4, 0.5) is 4.39 Å². The molecule has 1 aromatic carbocycles. The molecule has 190 valence electrons. The van der Waals surface area contributed by atoms with Crippen molar-refractivity contribution in [3.05, 3.63) is 66.0 Å². The van der Waals surface area contributed by atoms with Crippen LogP contribution in [-0.2, 0) is 22.0 Å². The molecular formula is C24H26FN5O5S. The van der Waals surface area contributed by atoms with Gasteiger partial charge in [-0.3, -0.25) is 4.57 Å². The molecular weight excluding hydrogens is 489 g/mol. The van der Waals surface area contributed by atoms with Gasteiger partial charge in [-0.25, -0.2) is 22.8 Å². The van der Waals surface area contributed by atoms with Crippen LogP contribution in [0, 0.1) is 12.7 Å². The molecule has 0 aliphatic heterocycles. The minimum Gasteiger partial charge on any atom is -0.494 e. The molecule has 0 amide bonds. The lowest BCUT2D eigenvalue weighted by atomic mass is 10.2. The van der Waals surface area contributed by atoms with Gasteiger partial charge in [0.05, 0.1) is 31.9 Å². The number of aryl methyl sites for hydroxylation is 1. The first kappa shape index (κ1) is 25.3. The number of halogens is 1. The van der Waals surface area contributed by atoms with Gasteiger partial charge in [0.25, 0.3) is 0 Å². The van der Waals surface area contributed by atoms with Gasteiger partial charge in [-0.15, -0.1) is 10.2 Å². The highest BCUT2D eigenvalue weighted by molar-refractivity contribution is 7.91. The van der Waals surface area contributed by atoms with E-state index in [0.717, 1.165) is 12.4 Å². The smallest absolute Gasteiger partial charge is 0.204 e. The van der Waals surface area contributed by atoms with Crippen molar-refractivity contribution in [1.82, 2.24) is 24.7 Å². The fraction of sp³-hybridized carbons (Fsp3) is 0.333. The summed E-state index contributed by atoms with van der Waals surface area (Å²) in [4.78, 5) is 7.83. The number of hydrogen-bond acceptors (Lipinski definition) is 9. The summed E-state index contributed by atoms with van der Waals surface area (Å²) in [5, 5.41) is 7.68. The Balaban J connectivity index is 1.81. The van der Waals surface area contributed by atoms with Crippen molar-refractivity contribution in [1.29, 1.82) is 0 Å². The van der Waals surface area contributed by atoms with Crippen LogP contribution in [0.25, 0.3) is 17.3 Å². The Morgan fingerprint density at radius 2 is 1.72 bits per heavy atom. The predicted octanol–water partition coefficient (Wildman–Crippen LogP) is 3.72. The van der Waals surface area contributed by atoms with Crippen molar-refractivity contribution in [3.8, 4) is 28.8 Å². The Kier molecular flexibility index (Phi) is 7.34. The van der Waals surface area contributed by atoms with Crippen molar-refractivity contribution in [3.63, 3.8) is 0 Å². The van der Waals surface area contributed by atoms with Gasteiger partial charge in [0.15, 0.2) is 27.2 Å². The first-order valence-corrected chi connectivity index (χ1v) is 12.9. The Morgan fingerprint density at radius 1 is 1.06 bits per heavy atom. The summed E-state index contributed by atoms with van der Waals surface area (Å²) in [6.45, 7) is 3.55. The summed E-state index contributed by atoms with van der Waals surface area (Å²) in [7, 11) is -0.765. The zero-order valence-electron chi connectivity index (χ0n) is 20.3. The summed E-state index contributed by atoms with van der Waals surface area (Å²) >= 11 is 0. The average molecular weight is 516 g/mol. The van der Waals surface area contributed by atoms with E-state index in [1.807, 2.05) is 0 Å². The van der Waals surface area contributed by atoms with Crippen molar-refractivity contribution in [2.45, 2.75) is 37.7 Å². The molecule has 12 heteroatoms. The molecule has 4 rings (SSSR count). The Bertz CT molecular complexity index is 1430. The predicted molar refractivity (Wildman–Crippen MR) is 129 cm³/mol. The summed E-state index contributed by atoms with van der Waals surface area (Å²) in [6, 6.07) is 8.73. The Morgan fingerprint density at radius 3 is 2.28 bits per heavy atom. The van der Waals surface area contributed by atoms with Gasteiger partial charge in [0.2, 0.25) is 5.82 Å². The van der Waals surface area contributed by atoms with Crippen LogP contribution in [0.15, 0.2) is 47.1 Å². The third-order valence-corrected chi connectivity index (χ3v) is 7.87. The molecule has 0 radical (unpaired) electrons. The van der Waals surface area contributed by atoms with Crippen molar-refractivity contribution in [2.75, 3.05) is 14.2 Å². The molecule has 0 unspecified atom stereocenters. The van der Waals surface area contributed by atoms with E-state index in [9.17, 15) is 12.8 Å². The lowest BCUT2D eigenvalue weighted by Crippen LogP contribution is -2.27. The summed E-state index contributed by atoms with van der Waals surface area (Å²) in [6.07, 6.45) is 2.38. The number of nitrogens with zero attached hydrogens (tertiary/aromatic N) is 5. The molecule has 0 aliphatic carbocycles. The fourth-order valence-electron chi connectivity index (χ4n) is 3.88. The summed E-state index contributed by atoms with van der Waals surface area (Å²) in [5.74, 6) is 1.61. The number of furan rings is 1. The van der Waals surface area contributed by atoms with Crippen molar-refractivity contribution >= 4 is 9.84 Å². The number of ether oxygens (including phenoxy) is 2. The molecule has 0 bridgehead atoms. The van der Waals surface area contributed by atoms with E-state index in [2.05, 4.69) is 20.2 Å². The topological polar surface area (TPSA) is 122 Å². The minimum atomic E-state index is -3.78. The van der Waals surface area contributed by atoms with Crippen LogP contribution < -0.4 is 9.47 Å². The number of hydrogen-bond donors (Lipinski definition) is 0. The van der Waals surface area contributed by atoms with E-state index >= 15 is 0 Å².